The first-order chi connectivity index (χ1) is 7.30. The molecular weight excluding hydrogens is 238 g/mol. The van der Waals surface area contributed by atoms with E-state index in [1.165, 1.54) is 0 Å². The maximum atomic E-state index is 11.3. The van der Waals surface area contributed by atoms with Gasteiger partial charge in [-0.15, -0.1) is 0 Å². The lowest BCUT2D eigenvalue weighted by Gasteiger charge is -2.13. The van der Waals surface area contributed by atoms with Gasteiger partial charge in [-0.3, -0.25) is 9.59 Å². The Balaban J connectivity index is 2.58. The van der Waals surface area contributed by atoms with E-state index in [-0.39, 0.29) is 6.04 Å². The van der Waals surface area contributed by atoms with Gasteiger partial charge < -0.3 is 10.8 Å². The first kappa shape index (κ1) is 12.9. The Morgan fingerprint density at radius 1 is 1.44 bits per heavy atom. The second-order valence-electron chi connectivity index (χ2n) is 3.57. The highest BCUT2D eigenvalue weighted by Gasteiger charge is 2.31. The summed E-state index contributed by atoms with van der Waals surface area (Å²) in [5.74, 6) is -2.33. The molecule has 1 saturated carbocycles. The second-order valence-corrected chi connectivity index (χ2v) is 5.05. The van der Waals surface area contributed by atoms with E-state index in [2.05, 4.69) is 4.72 Å². The van der Waals surface area contributed by atoms with Crippen LogP contribution in [0.3, 0.4) is 0 Å². The zero-order chi connectivity index (χ0) is 12.3. The van der Waals surface area contributed by atoms with Crippen LogP contribution in [0.5, 0.6) is 0 Å². The Hall–Kier alpha value is -1.19. The Morgan fingerprint density at radius 3 is 2.38 bits per heavy atom. The predicted molar refractivity (Wildman–Crippen MR) is 53.4 cm³/mol. The van der Waals surface area contributed by atoms with E-state index in [0.29, 0.717) is 0 Å². The number of carboxylic acids is 1. The third-order valence-corrected chi connectivity index (χ3v) is 3.14. The molecule has 0 radical (unpaired) electrons. The predicted octanol–water partition coefficient (Wildman–Crippen LogP) is -2.10. The first-order valence-corrected chi connectivity index (χ1v) is 6.09. The van der Waals surface area contributed by atoms with Crippen molar-refractivity contribution in [1.29, 1.82) is 0 Å². The summed E-state index contributed by atoms with van der Waals surface area (Å²) in [5.41, 5.74) is 4.81. The van der Waals surface area contributed by atoms with Crippen LogP contribution in [0.15, 0.2) is 0 Å². The van der Waals surface area contributed by atoms with E-state index >= 15 is 0 Å². The number of hydrogen-bond acceptors (Lipinski definition) is 4. The molecule has 1 aliphatic rings. The number of nitrogens with one attached hydrogen (secondary N) is 2. The highest BCUT2D eigenvalue weighted by atomic mass is 32.2. The molecule has 1 rings (SSSR count). The van der Waals surface area contributed by atoms with Crippen molar-refractivity contribution in [3.8, 4) is 0 Å². The molecule has 0 aromatic heterocycles. The Labute approximate surface area is 92.4 Å². The molecule has 16 heavy (non-hydrogen) atoms. The highest BCUT2D eigenvalue weighted by Crippen LogP contribution is 2.19. The Bertz CT molecular complexity index is 389. The SMILES string of the molecule is NC(=O)CC(NS(=O)(=O)NC1CC1)C(=O)O. The minimum Gasteiger partial charge on any atom is -0.480 e. The summed E-state index contributed by atoms with van der Waals surface area (Å²) in [4.78, 5) is 21.2. The summed E-state index contributed by atoms with van der Waals surface area (Å²) in [6.45, 7) is 0. The van der Waals surface area contributed by atoms with Gasteiger partial charge in [0.1, 0.15) is 6.04 Å². The van der Waals surface area contributed by atoms with Gasteiger partial charge >= 0.3 is 5.97 Å². The largest absolute Gasteiger partial charge is 0.480 e. The zero-order valence-electron chi connectivity index (χ0n) is 8.34. The summed E-state index contributed by atoms with van der Waals surface area (Å²) in [6.07, 6.45) is 0.879. The van der Waals surface area contributed by atoms with Gasteiger partial charge in [0, 0.05) is 6.04 Å². The monoisotopic (exact) mass is 251 g/mol. The molecule has 0 bridgehead atoms. The third-order valence-electron chi connectivity index (χ3n) is 1.90. The van der Waals surface area contributed by atoms with E-state index in [1.54, 1.807) is 0 Å². The molecule has 1 unspecified atom stereocenters. The standard InChI is InChI=1S/C7H13N3O5S/c8-6(11)3-5(7(12)13)10-16(14,15)9-4-1-2-4/h4-5,9-10H,1-3H2,(H2,8,11)(H,12,13). The van der Waals surface area contributed by atoms with Crippen LogP contribution in [0.4, 0.5) is 0 Å². The minimum absolute atomic E-state index is 0.138. The van der Waals surface area contributed by atoms with Gasteiger partial charge in [0.15, 0.2) is 0 Å². The van der Waals surface area contributed by atoms with Crippen molar-refractivity contribution >= 4 is 22.1 Å². The van der Waals surface area contributed by atoms with Crippen molar-refractivity contribution in [3.63, 3.8) is 0 Å². The van der Waals surface area contributed by atoms with Crippen LogP contribution in [-0.4, -0.2) is 37.5 Å². The van der Waals surface area contributed by atoms with Gasteiger partial charge in [0.05, 0.1) is 6.42 Å². The molecule has 0 heterocycles. The Kier molecular flexibility index (Phi) is 3.83. The molecule has 1 atom stereocenters. The van der Waals surface area contributed by atoms with Gasteiger partial charge in [-0.2, -0.15) is 17.9 Å². The lowest BCUT2D eigenvalue weighted by Crippen LogP contribution is -2.48. The topological polar surface area (TPSA) is 139 Å². The fourth-order valence-corrected chi connectivity index (χ4v) is 2.32. The molecule has 0 saturated heterocycles. The van der Waals surface area contributed by atoms with Crippen LogP contribution >= 0.6 is 0 Å². The fourth-order valence-electron chi connectivity index (χ4n) is 1.02. The van der Waals surface area contributed by atoms with Crippen LogP contribution in [0.2, 0.25) is 0 Å². The van der Waals surface area contributed by atoms with Gasteiger partial charge in [-0.05, 0) is 12.8 Å². The molecule has 9 heteroatoms. The van der Waals surface area contributed by atoms with Crippen LogP contribution < -0.4 is 15.2 Å². The first-order valence-electron chi connectivity index (χ1n) is 4.61. The number of hydrogen-bond donors (Lipinski definition) is 4. The molecule has 0 aliphatic heterocycles. The minimum atomic E-state index is -3.90. The number of nitrogens with two attached hydrogens (primary N) is 1. The number of rotatable bonds is 7. The van der Waals surface area contributed by atoms with E-state index in [0.717, 1.165) is 12.8 Å². The molecular formula is C7H13N3O5S. The highest BCUT2D eigenvalue weighted by molar-refractivity contribution is 7.87. The average molecular weight is 251 g/mol. The lowest BCUT2D eigenvalue weighted by atomic mass is 10.2. The molecule has 8 nitrogen and oxygen atoms in total. The summed E-state index contributed by atoms with van der Waals surface area (Å²) in [7, 11) is -3.90. The summed E-state index contributed by atoms with van der Waals surface area (Å²) in [5, 5.41) is 8.67. The number of carbonyl (C=O) groups excluding carboxylic acids is 1. The number of amides is 1. The number of carboxylic acid groups (broad SMARTS) is 1. The van der Waals surface area contributed by atoms with Crippen molar-refractivity contribution in [2.75, 3.05) is 0 Å². The normalized spacial score (nSPS) is 18.0. The van der Waals surface area contributed by atoms with Crippen LogP contribution in [-0.2, 0) is 19.8 Å². The molecule has 92 valence electrons. The molecule has 1 fully saturated rings. The number of carbonyl (C=O) groups is 2. The maximum Gasteiger partial charge on any atom is 0.322 e. The molecule has 0 aromatic rings. The van der Waals surface area contributed by atoms with Crippen molar-refractivity contribution in [1.82, 2.24) is 9.44 Å². The van der Waals surface area contributed by atoms with E-state index in [1.807, 2.05) is 4.72 Å². The molecule has 0 spiro atoms. The smallest absolute Gasteiger partial charge is 0.322 e. The molecule has 1 aliphatic carbocycles. The van der Waals surface area contributed by atoms with Crippen LogP contribution in [0, 0.1) is 0 Å². The van der Waals surface area contributed by atoms with Crippen molar-refractivity contribution in [2.24, 2.45) is 5.73 Å². The van der Waals surface area contributed by atoms with E-state index in [9.17, 15) is 18.0 Å². The number of primary amides is 1. The zero-order valence-corrected chi connectivity index (χ0v) is 9.16. The van der Waals surface area contributed by atoms with Crippen molar-refractivity contribution in [2.45, 2.75) is 31.3 Å². The quantitative estimate of drug-likeness (QED) is 0.410. The van der Waals surface area contributed by atoms with Gasteiger partial charge in [-0.25, -0.2) is 0 Å². The van der Waals surface area contributed by atoms with Gasteiger partial charge in [0.25, 0.3) is 10.2 Å². The summed E-state index contributed by atoms with van der Waals surface area (Å²) < 4.78 is 26.8. The van der Waals surface area contributed by atoms with Gasteiger partial charge in [0.2, 0.25) is 5.91 Å². The van der Waals surface area contributed by atoms with E-state index < -0.39 is 34.5 Å². The van der Waals surface area contributed by atoms with E-state index in [4.69, 9.17) is 10.8 Å². The summed E-state index contributed by atoms with van der Waals surface area (Å²) >= 11 is 0. The third kappa shape index (κ3) is 4.55. The van der Waals surface area contributed by atoms with Gasteiger partial charge in [-0.1, -0.05) is 0 Å². The van der Waals surface area contributed by atoms with Crippen molar-refractivity contribution in [3.05, 3.63) is 0 Å². The summed E-state index contributed by atoms with van der Waals surface area (Å²) in [6, 6.07) is -1.67. The fraction of sp³-hybridized carbons (Fsp3) is 0.714. The Morgan fingerprint density at radius 2 is 2.00 bits per heavy atom. The molecule has 5 N–H and O–H groups in total. The average Bonchev–Trinajstić information content (AvgIpc) is 2.84. The maximum absolute atomic E-state index is 11.3. The lowest BCUT2D eigenvalue weighted by molar-refractivity contribution is -0.140. The number of aliphatic carboxylic acids is 1. The molecule has 0 aromatic carbocycles. The second kappa shape index (κ2) is 4.76. The van der Waals surface area contributed by atoms with Crippen molar-refractivity contribution < 1.29 is 23.1 Å². The van der Waals surface area contributed by atoms with Crippen LogP contribution in [0.1, 0.15) is 19.3 Å². The molecule has 1 amide bonds. The van der Waals surface area contributed by atoms with Crippen LogP contribution in [0.25, 0.3) is 0 Å².